The van der Waals surface area contributed by atoms with Crippen molar-refractivity contribution in [3.8, 4) is 0 Å². The second-order valence-electron chi connectivity index (χ2n) is 6.30. The van der Waals surface area contributed by atoms with E-state index in [1.165, 1.54) is 0 Å². The Hall–Kier alpha value is -1.14. The number of carbonyl (C=O) groups excluding carboxylic acids is 1. The summed E-state index contributed by atoms with van der Waals surface area (Å²) in [6.45, 7) is 5.27. The summed E-state index contributed by atoms with van der Waals surface area (Å²) < 4.78 is 11.0. The number of rotatable bonds is 4. The lowest BCUT2D eigenvalue weighted by atomic mass is 9.72. The quantitative estimate of drug-likeness (QED) is 0.825. The molecule has 114 valence electrons. The molecule has 3 unspecified atom stereocenters. The Morgan fingerprint density at radius 3 is 2.50 bits per heavy atom. The van der Waals surface area contributed by atoms with E-state index in [1.54, 1.807) is 12.0 Å². The first-order chi connectivity index (χ1) is 9.34. The molecule has 6 nitrogen and oxygen atoms in total. The summed E-state index contributed by atoms with van der Waals surface area (Å²) in [7, 11) is 1.60. The first-order valence-electron chi connectivity index (χ1n) is 7.02. The maximum absolute atomic E-state index is 12.5. The number of hydrogen-bond acceptors (Lipinski definition) is 4. The molecule has 0 spiro atoms. The molecule has 0 aromatic rings. The van der Waals surface area contributed by atoms with Crippen LogP contribution >= 0.6 is 0 Å². The highest BCUT2D eigenvalue weighted by molar-refractivity contribution is 5.86. The number of carbonyl (C=O) groups is 2. The number of amides is 1. The number of carboxylic acids is 1. The van der Waals surface area contributed by atoms with Crippen LogP contribution in [0.4, 0.5) is 0 Å². The van der Waals surface area contributed by atoms with Crippen molar-refractivity contribution < 1.29 is 24.2 Å². The normalized spacial score (nSPS) is 32.5. The van der Waals surface area contributed by atoms with Gasteiger partial charge in [-0.25, -0.2) is 0 Å². The molecule has 1 N–H and O–H groups in total. The van der Waals surface area contributed by atoms with Crippen LogP contribution in [-0.4, -0.2) is 60.4 Å². The topological polar surface area (TPSA) is 76.1 Å². The highest BCUT2D eigenvalue weighted by Crippen LogP contribution is 2.37. The molecule has 2 fully saturated rings. The zero-order chi connectivity index (χ0) is 14.9. The molecule has 0 aromatic carbocycles. The summed E-state index contributed by atoms with van der Waals surface area (Å²) in [4.78, 5) is 25.3. The lowest BCUT2D eigenvalue weighted by Gasteiger charge is -2.45. The fraction of sp³-hybridized carbons (Fsp3) is 0.857. The minimum absolute atomic E-state index is 0.0545. The summed E-state index contributed by atoms with van der Waals surface area (Å²) in [5.41, 5.74) is -0.431. The van der Waals surface area contributed by atoms with Crippen molar-refractivity contribution in [3.63, 3.8) is 0 Å². The maximum atomic E-state index is 12.5. The number of morpholine rings is 1. The van der Waals surface area contributed by atoms with E-state index in [2.05, 4.69) is 0 Å². The highest BCUT2D eigenvalue weighted by Gasteiger charge is 2.45. The van der Waals surface area contributed by atoms with Gasteiger partial charge in [-0.2, -0.15) is 0 Å². The Morgan fingerprint density at radius 2 is 2.00 bits per heavy atom. The van der Waals surface area contributed by atoms with E-state index >= 15 is 0 Å². The van der Waals surface area contributed by atoms with Crippen LogP contribution < -0.4 is 0 Å². The number of carboxylic acid groups (broad SMARTS) is 1. The molecule has 1 aliphatic heterocycles. The highest BCUT2D eigenvalue weighted by atomic mass is 16.5. The molecule has 20 heavy (non-hydrogen) atoms. The molecular weight excluding hydrogens is 262 g/mol. The van der Waals surface area contributed by atoms with Crippen LogP contribution in [0.3, 0.4) is 0 Å². The Kier molecular flexibility index (Phi) is 4.34. The van der Waals surface area contributed by atoms with Gasteiger partial charge in [-0.05, 0) is 26.7 Å². The monoisotopic (exact) mass is 285 g/mol. The smallest absolute Gasteiger partial charge is 0.307 e. The molecule has 1 saturated heterocycles. The number of hydrogen-bond donors (Lipinski definition) is 1. The second kappa shape index (κ2) is 5.69. The van der Waals surface area contributed by atoms with Crippen LogP contribution in [0, 0.1) is 11.8 Å². The number of nitrogens with zero attached hydrogens (tertiary/aromatic N) is 1. The van der Waals surface area contributed by atoms with Crippen LogP contribution in [0.15, 0.2) is 0 Å². The van der Waals surface area contributed by atoms with Gasteiger partial charge >= 0.3 is 5.97 Å². The van der Waals surface area contributed by atoms with E-state index < -0.39 is 17.5 Å². The SMILES string of the molecule is COCC1CN(C(=O)C2CCC2C(=O)O)CC(C)(C)O1. The average Bonchev–Trinajstić information content (AvgIpc) is 2.24. The molecule has 0 radical (unpaired) electrons. The number of ether oxygens (including phenoxy) is 2. The van der Waals surface area contributed by atoms with Crippen molar-refractivity contribution in [3.05, 3.63) is 0 Å². The van der Waals surface area contributed by atoms with Crippen LogP contribution in [0.25, 0.3) is 0 Å². The Balaban J connectivity index is 2.03. The van der Waals surface area contributed by atoms with Crippen molar-refractivity contribution >= 4 is 11.9 Å². The zero-order valence-corrected chi connectivity index (χ0v) is 12.3. The van der Waals surface area contributed by atoms with Gasteiger partial charge in [0, 0.05) is 20.2 Å². The van der Waals surface area contributed by atoms with E-state index in [-0.39, 0.29) is 17.9 Å². The lowest BCUT2D eigenvalue weighted by molar-refractivity contribution is -0.177. The Labute approximate surface area is 119 Å². The largest absolute Gasteiger partial charge is 0.481 e. The van der Waals surface area contributed by atoms with Crippen LogP contribution in [0.1, 0.15) is 26.7 Å². The van der Waals surface area contributed by atoms with Crippen molar-refractivity contribution in [1.29, 1.82) is 0 Å². The van der Waals surface area contributed by atoms with E-state index in [9.17, 15) is 9.59 Å². The standard InChI is InChI=1S/C14H23NO5/c1-14(2)8-15(6-9(20-14)7-19-3)12(16)10-4-5-11(10)13(17)18/h9-11H,4-8H2,1-3H3,(H,17,18). The molecule has 2 aliphatic rings. The third-order valence-corrected chi connectivity index (χ3v) is 4.05. The molecule has 3 atom stereocenters. The van der Waals surface area contributed by atoms with Crippen LogP contribution in [-0.2, 0) is 19.1 Å². The van der Waals surface area contributed by atoms with Crippen molar-refractivity contribution in [1.82, 2.24) is 4.90 Å². The molecule has 1 amide bonds. The van der Waals surface area contributed by atoms with Gasteiger partial charge in [0.25, 0.3) is 0 Å². The van der Waals surface area contributed by atoms with Gasteiger partial charge < -0.3 is 19.5 Å². The van der Waals surface area contributed by atoms with Gasteiger partial charge in [0.1, 0.15) is 0 Å². The predicted molar refractivity (Wildman–Crippen MR) is 71.3 cm³/mol. The van der Waals surface area contributed by atoms with Gasteiger partial charge in [0.2, 0.25) is 5.91 Å². The van der Waals surface area contributed by atoms with Gasteiger partial charge in [-0.3, -0.25) is 9.59 Å². The van der Waals surface area contributed by atoms with E-state index in [4.69, 9.17) is 14.6 Å². The van der Waals surface area contributed by atoms with Gasteiger partial charge in [-0.1, -0.05) is 0 Å². The summed E-state index contributed by atoms with van der Waals surface area (Å²) in [5, 5.41) is 9.07. The van der Waals surface area contributed by atoms with E-state index in [0.29, 0.717) is 32.5 Å². The minimum atomic E-state index is -0.865. The summed E-state index contributed by atoms with van der Waals surface area (Å²) >= 11 is 0. The third kappa shape index (κ3) is 3.12. The minimum Gasteiger partial charge on any atom is -0.481 e. The van der Waals surface area contributed by atoms with Crippen LogP contribution in [0.2, 0.25) is 0 Å². The molecule has 1 heterocycles. The summed E-state index contributed by atoms with van der Waals surface area (Å²) in [6.07, 6.45) is 1.11. The van der Waals surface area contributed by atoms with E-state index in [1.807, 2.05) is 13.8 Å². The Morgan fingerprint density at radius 1 is 1.35 bits per heavy atom. The van der Waals surface area contributed by atoms with Crippen molar-refractivity contribution in [2.24, 2.45) is 11.8 Å². The van der Waals surface area contributed by atoms with Gasteiger partial charge in [0.15, 0.2) is 0 Å². The average molecular weight is 285 g/mol. The Bertz CT molecular complexity index is 395. The van der Waals surface area contributed by atoms with Crippen molar-refractivity contribution in [2.45, 2.75) is 38.4 Å². The maximum Gasteiger partial charge on any atom is 0.307 e. The van der Waals surface area contributed by atoms with Gasteiger partial charge in [-0.15, -0.1) is 0 Å². The summed E-state index contributed by atoms with van der Waals surface area (Å²) in [6, 6.07) is 0. The molecule has 1 aliphatic carbocycles. The summed E-state index contributed by atoms with van der Waals surface area (Å²) in [5.74, 6) is -1.81. The zero-order valence-electron chi connectivity index (χ0n) is 12.3. The third-order valence-electron chi connectivity index (χ3n) is 4.05. The molecule has 0 aromatic heterocycles. The van der Waals surface area contributed by atoms with Gasteiger partial charge in [0.05, 0.1) is 30.1 Å². The fourth-order valence-electron chi connectivity index (χ4n) is 3.06. The first kappa shape index (κ1) is 15.3. The first-order valence-corrected chi connectivity index (χ1v) is 7.02. The fourth-order valence-corrected chi connectivity index (χ4v) is 3.06. The van der Waals surface area contributed by atoms with E-state index in [0.717, 1.165) is 0 Å². The molecular formula is C14H23NO5. The van der Waals surface area contributed by atoms with Crippen molar-refractivity contribution in [2.75, 3.05) is 26.8 Å². The number of aliphatic carboxylic acids is 1. The molecule has 1 saturated carbocycles. The second-order valence-corrected chi connectivity index (χ2v) is 6.30. The molecule has 0 bridgehead atoms. The predicted octanol–water partition coefficient (Wildman–Crippen LogP) is 0.750. The number of methoxy groups -OCH3 is 1. The molecule has 6 heteroatoms. The lowest BCUT2D eigenvalue weighted by Crippen LogP contribution is -2.58. The van der Waals surface area contributed by atoms with Crippen LogP contribution in [0.5, 0.6) is 0 Å². The molecule has 2 rings (SSSR count).